The number of benzene rings is 2. The van der Waals surface area contributed by atoms with Crippen molar-refractivity contribution in [3.05, 3.63) is 59.4 Å². The molecule has 0 saturated carbocycles. The van der Waals surface area contributed by atoms with E-state index in [4.69, 9.17) is 26.8 Å². The lowest BCUT2D eigenvalue weighted by Gasteiger charge is -2.13. The van der Waals surface area contributed by atoms with Gasteiger partial charge in [0.05, 0.1) is 11.9 Å². The van der Waals surface area contributed by atoms with Crippen LogP contribution < -0.4 is 15.2 Å². The number of hydrogen-bond acceptors (Lipinski definition) is 6. The molecule has 0 fully saturated rings. The van der Waals surface area contributed by atoms with Crippen LogP contribution in [0.15, 0.2) is 53.7 Å². The molecule has 1 amide bonds. The first kappa shape index (κ1) is 21.0. The molecule has 2 N–H and O–H groups in total. The highest BCUT2D eigenvalue weighted by Crippen LogP contribution is 2.27. The topological polar surface area (TPSA) is 92.3 Å². The van der Waals surface area contributed by atoms with Crippen LogP contribution in [0.25, 0.3) is 5.69 Å². The molecule has 0 saturated heterocycles. The van der Waals surface area contributed by atoms with Gasteiger partial charge < -0.3 is 15.2 Å². The Labute approximate surface area is 178 Å². The van der Waals surface area contributed by atoms with E-state index in [1.54, 1.807) is 19.1 Å². The molecule has 2 aromatic carbocycles. The predicted molar refractivity (Wildman–Crippen MR) is 113 cm³/mol. The zero-order chi connectivity index (χ0) is 20.8. The number of thioether (sulfide) groups is 1. The third kappa shape index (κ3) is 5.42. The number of hydrogen-bond donors (Lipinski definition) is 1. The van der Waals surface area contributed by atoms with E-state index in [2.05, 4.69) is 10.2 Å². The summed E-state index contributed by atoms with van der Waals surface area (Å²) < 4.78 is 13.1. The predicted octanol–water partition coefficient (Wildman–Crippen LogP) is 3.86. The minimum atomic E-state index is -0.454. The summed E-state index contributed by atoms with van der Waals surface area (Å²) in [5.41, 5.74) is 6.21. The van der Waals surface area contributed by atoms with Crippen LogP contribution in [0.3, 0.4) is 0 Å². The van der Waals surface area contributed by atoms with Crippen LogP contribution in [-0.2, 0) is 11.4 Å². The number of aromatic nitrogens is 3. The third-order valence-corrected chi connectivity index (χ3v) is 5.28. The number of nitrogens with two attached hydrogens (primary N) is 1. The van der Waals surface area contributed by atoms with E-state index in [1.165, 1.54) is 11.8 Å². The van der Waals surface area contributed by atoms with Crippen molar-refractivity contribution in [1.82, 2.24) is 14.8 Å². The summed E-state index contributed by atoms with van der Waals surface area (Å²) in [7, 11) is 0. The Morgan fingerprint density at radius 3 is 2.31 bits per heavy atom. The Bertz CT molecular complexity index is 961. The lowest BCUT2D eigenvalue weighted by molar-refractivity contribution is -0.117. The van der Waals surface area contributed by atoms with E-state index in [0.717, 1.165) is 11.4 Å². The second kappa shape index (κ2) is 9.67. The Morgan fingerprint density at radius 2 is 1.72 bits per heavy atom. The molecule has 0 radical (unpaired) electrons. The van der Waals surface area contributed by atoms with E-state index < -0.39 is 11.2 Å². The van der Waals surface area contributed by atoms with Crippen LogP contribution >= 0.6 is 23.4 Å². The maximum absolute atomic E-state index is 11.5. The molecule has 0 bridgehead atoms. The molecule has 1 heterocycles. The summed E-state index contributed by atoms with van der Waals surface area (Å²) in [6.07, 6.45) is 0. The summed E-state index contributed by atoms with van der Waals surface area (Å²) in [5.74, 6) is 1.62. The second-order valence-electron chi connectivity index (χ2n) is 6.07. The van der Waals surface area contributed by atoms with Gasteiger partial charge in [-0.25, -0.2) is 0 Å². The van der Waals surface area contributed by atoms with Crippen molar-refractivity contribution in [3.8, 4) is 17.2 Å². The molecule has 0 spiro atoms. The fourth-order valence-electron chi connectivity index (χ4n) is 2.48. The van der Waals surface area contributed by atoms with Gasteiger partial charge in [-0.15, -0.1) is 10.2 Å². The van der Waals surface area contributed by atoms with Crippen molar-refractivity contribution in [2.75, 3.05) is 6.61 Å². The lowest BCUT2D eigenvalue weighted by atomic mass is 10.3. The smallest absolute Gasteiger partial charge is 0.230 e. The van der Waals surface area contributed by atoms with E-state index in [-0.39, 0.29) is 6.61 Å². The van der Waals surface area contributed by atoms with Gasteiger partial charge in [0.15, 0.2) is 11.0 Å². The van der Waals surface area contributed by atoms with Gasteiger partial charge >= 0.3 is 0 Å². The average Bonchev–Trinajstić information content (AvgIpc) is 3.10. The Hall–Kier alpha value is -2.71. The molecule has 1 aromatic heterocycles. The van der Waals surface area contributed by atoms with Crippen molar-refractivity contribution in [3.63, 3.8) is 0 Å². The highest BCUT2D eigenvalue weighted by atomic mass is 35.5. The van der Waals surface area contributed by atoms with E-state index in [9.17, 15) is 4.79 Å². The number of carbonyl (C=O) groups is 1. The van der Waals surface area contributed by atoms with Gasteiger partial charge in [0.2, 0.25) is 5.91 Å². The highest BCUT2D eigenvalue weighted by molar-refractivity contribution is 8.00. The lowest BCUT2D eigenvalue weighted by Crippen LogP contribution is -2.23. The molecule has 1 unspecified atom stereocenters. The molecule has 1 atom stereocenters. The zero-order valence-electron chi connectivity index (χ0n) is 16.0. The van der Waals surface area contributed by atoms with Crippen molar-refractivity contribution in [2.45, 2.75) is 30.9 Å². The number of primary amides is 1. The number of carbonyl (C=O) groups excluding carboxylic acids is 1. The summed E-state index contributed by atoms with van der Waals surface area (Å²) in [6, 6.07) is 14.6. The fraction of sp³-hybridized carbons (Fsp3) is 0.250. The maximum Gasteiger partial charge on any atom is 0.230 e. The quantitative estimate of drug-likeness (QED) is 0.516. The van der Waals surface area contributed by atoms with Crippen LogP contribution in [0.2, 0.25) is 5.02 Å². The molecular formula is C20H21ClN4O3S. The minimum Gasteiger partial charge on any atom is -0.494 e. The van der Waals surface area contributed by atoms with Crippen LogP contribution in [0, 0.1) is 0 Å². The molecule has 29 heavy (non-hydrogen) atoms. The minimum absolute atomic E-state index is 0.190. The Morgan fingerprint density at radius 1 is 1.10 bits per heavy atom. The van der Waals surface area contributed by atoms with Gasteiger partial charge in [0, 0.05) is 10.7 Å². The molecule has 0 aliphatic rings. The fourth-order valence-corrected chi connectivity index (χ4v) is 3.45. The van der Waals surface area contributed by atoms with Crippen molar-refractivity contribution in [1.29, 1.82) is 0 Å². The second-order valence-corrected chi connectivity index (χ2v) is 7.81. The molecule has 7 nitrogen and oxygen atoms in total. The van der Waals surface area contributed by atoms with Crippen molar-refractivity contribution < 1.29 is 14.3 Å². The van der Waals surface area contributed by atoms with E-state index in [1.807, 2.05) is 47.9 Å². The summed E-state index contributed by atoms with van der Waals surface area (Å²) in [4.78, 5) is 11.5. The molecule has 3 rings (SSSR count). The van der Waals surface area contributed by atoms with Crippen molar-refractivity contribution >= 4 is 29.3 Å². The number of ether oxygens (including phenoxy) is 2. The number of halogens is 1. The van der Waals surface area contributed by atoms with Gasteiger partial charge in [-0.05, 0) is 62.4 Å². The summed E-state index contributed by atoms with van der Waals surface area (Å²) in [6.45, 7) is 4.45. The number of rotatable bonds is 9. The zero-order valence-corrected chi connectivity index (χ0v) is 17.6. The molecular weight excluding hydrogens is 412 g/mol. The molecule has 152 valence electrons. The molecule has 0 aliphatic carbocycles. The number of nitrogens with zero attached hydrogens (tertiary/aromatic N) is 3. The SMILES string of the molecule is CCOc1ccc(OCc2nnc(SC(C)C(N)=O)n2-c2ccc(Cl)cc2)cc1. The molecule has 9 heteroatoms. The van der Waals surface area contributed by atoms with Crippen LogP contribution in [0.5, 0.6) is 11.5 Å². The van der Waals surface area contributed by atoms with E-state index in [0.29, 0.717) is 28.4 Å². The monoisotopic (exact) mass is 432 g/mol. The Balaban J connectivity index is 1.84. The Kier molecular flexibility index (Phi) is 7.00. The van der Waals surface area contributed by atoms with Crippen LogP contribution in [-0.4, -0.2) is 32.5 Å². The van der Waals surface area contributed by atoms with E-state index >= 15 is 0 Å². The van der Waals surface area contributed by atoms with Gasteiger partial charge in [-0.3, -0.25) is 9.36 Å². The van der Waals surface area contributed by atoms with Gasteiger partial charge in [-0.1, -0.05) is 23.4 Å². The number of amides is 1. The summed E-state index contributed by atoms with van der Waals surface area (Å²) in [5, 5.41) is 9.18. The highest BCUT2D eigenvalue weighted by Gasteiger charge is 2.20. The normalized spacial score (nSPS) is 11.8. The van der Waals surface area contributed by atoms with Crippen LogP contribution in [0.1, 0.15) is 19.7 Å². The first-order chi connectivity index (χ1) is 14.0. The average molecular weight is 433 g/mol. The molecule has 0 aliphatic heterocycles. The largest absolute Gasteiger partial charge is 0.494 e. The molecule has 3 aromatic rings. The third-order valence-electron chi connectivity index (χ3n) is 3.97. The van der Waals surface area contributed by atoms with Gasteiger partial charge in [-0.2, -0.15) is 0 Å². The first-order valence-electron chi connectivity index (χ1n) is 8.99. The van der Waals surface area contributed by atoms with Crippen LogP contribution in [0.4, 0.5) is 0 Å². The summed E-state index contributed by atoms with van der Waals surface area (Å²) >= 11 is 7.25. The standard InChI is InChI=1S/C20H21ClN4O3S/c1-3-27-16-8-10-17(11-9-16)28-12-18-23-24-20(29-13(2)19(22)26)25(18)15-6-4-14(21)5-7-15/h4-11,13H,3,12H2,1-2H3,(H2,22,26). The first-order valence-corrected chi connectivity index (χ1v) is 10.3. The van der Waals surface area contributed by atoms with Gasteiger partial charge in [0.25, 0.3) is 0 Å². The maximum atomic E-state index is 11.5. The van der Waals surface area contributed by atoms with Crippen molar-refractivity contribution in [2.24, 2.45) is 5.73 Å². The van der Waals surface area contributed by atoms with Gasteiger partial charge in [0.1, 0.15) is 18.1 Å².